The van der Waals surface area contributed by atoms with Crippen LogP contribution in [0.3, 0.4) is 0 Å². The molecule has 2 atom stereocenters. The number of aromatic nitrogens is 2. The summed E-state index contributed by atoms with van der Waals surface area (Å²) in [5.74, 6) is -0.113. The van der Waals surface area contributed by atoms with Gasteiger partial charge in [-0.2, -0.15) is 0 Å². The smallest absolute Gasteiger partial charge is 0.306 e. The second-order valence-electron chi connectivity index (χ2n) is 9.78. The van der Waals surface area contributed by atoms with Crippen LogP contribution in [0.1, 0.15) is 62.8 Å². The first-order chi connectivity index (χ1) is 17.8. The second kappa shape index (κ2) is 12.6. The molecule has 0 radical (unpaired) electrons. The average Bonchev–Trinajstić information content (AvgIpc) is 3.61. The Bertz CT molecular complexity index is 1250. The normalized spacial score (nSPS) is 15.7. The number of aromatic amines is 1. The first-order valence-corrected chi connectivity index (χ1v) is 12.7. The number of nitrogens with one attached hydrogen (secondary N) is 1. The minimum atomic E-state index is -0.419. The number of carbonyl (C=O) groups is 3. The summed E-state index contributed by atoms with van der Waals surface area (Å²) in [5.41, 5.74) is 9.96. The number of rotatable bonds is 9. The lowest BCUT2D eigenvalue weighted by molar-refractivity contribution is -0.148. The molecule has 0 unspecified atom stereocenters. The van der Waals surface area contributed by atoms with Gasteiger partial charge in [-0.15, -0.1) is 0 Å². The largest absolute Gasteiger partial charge is 0.469 e. The number of carbonyl (C=O) groups excluding carboxylic acids is 3. The number of nitrogens with two attached hydrogens (primary N) is 1. The Balaban J connectivity index is 0.00000400. The van der Waals surface area contributed by atoms with Crippen LogP contribution in [0.4, 0.5) is 0 Å². The molecule has 38 heavy (non-hydrogen) atoms. The van der Waals surface area contributed by atoms with E-state index in [1.54, 1.807) is 18.3 Å². The minimum Gasteiger partial charge on any atom is -0.469 e. The zero-order valence-corrected chi connectivity index (χ0v) is 21.6. The number of amides is 1. The summed E-state index contributed by atoms with van der Waals surface area (Å²) in [6, 6.07) is 15.4. The summed E-state index contributed by atoms with van der Waals surface area (Å²) in [5, 5.41) is 0. The first-order valence-electron chi connectivity index (χ1n) is 12.7. The molecule has 8 nitrogen and oxygen atoms in total. The molecule has 1 amide bonds. The highest BCUT2D eigenvalue weighted by atomic mass is 16.5. The molecule has 3 aromatic rings. The van der Waals surface area contributed by atoms with E-state index in [4.69, 9.17) is 10.5 Å². The third-order valence-corrected chi connectivity index (χ3v) is 7.10. The molecule has 0 spiro atoms. The Morgan fingerprint density at radius 2 is 1.66 bits per heavy atom. The Morgan fingerprint density at radius 1 is 1.05 bits per heavy atom. The molecule has 1 saturated heterocycles. The van der Waals surface area contributed by atoms with Gasteiger partial charge in [0, 0.05) is 12.1 Å². The highest BCUT2D eigenvalue weighted by Crippen LogP contribution is 2.34. The number of ketones is 1. The molecular formula is C30H38N4O4. The summed E-state index contributed by atoms with van der Waals surface area (Å²) in [4.78, 5) is 47.0. The van der Waals surface area contributed by atoms with Gasteiger partial charge < -0.3 is 20.4 Å². The number of H-pyrrole nitrogens is 1. The minimum absolute atomic E-state index is 0. The van der Waals surface area contributed by atoms with Crippen molar-refractivity contribution < 1.29 is 19.1 Å². The summed E-state index contributed by atoms with van der Waals surface area (Å²) in [6.07, 6.45) is 3.59. The van der Waals surface area contributed by atoms with Gasteiger partial charge in [-0.3, -0.25) is 14.4 Å². The van der Waals surface area contributed by atoms with E-state index in [0.717, 1.165) is 41.1 Å². The SMILES string of the molecule is C.COC(=O)C[C@H](C(=O)N1CCC[C@H]1c1ncc(-c2ccc(-c3ccc(C(=O)CN)cc3)cc2)[nH]1)C(C)C. The van der Waals surface area contributed by atoms with Crippen LogP contribution in [-0.4, -0.2) is 52.7 Å². The Kier molecular flexibility index (Phi) is 9.58. The molecule has 2 heterocycles. The van der Waals surface area contributed by atoms with Crippen LogP contribution in [-0.2, 0) is 14.3 Å². The molecule has 0 bridgehead atoms. The zero-order chi connectivity index (χ0) is 26.5. The molecule has 0 aliphatic carbocycles. The highest BCUT2D eigenvalue weighted by molar-refractivity contribution is 5.97. The van der Waals surface area contributed by atoms with Crippen LogP contribution >= 0.6 is 0 Å². The number of nitrogens with zero attached hydrogens (tertiary/aromatic N) is 2. The van der Waals surface area contributed by atoms with Crippen LogP contribution in [0, 0.1) is 11.8 Å². The summed E-state index contributed by atoms with van der Waals surface area (Å²) in [7, 11) is 1.35. The van der Waals surface area contributed by atoms with Crippen LogP contribution < -0.4 is 5.73 Å². The first kappa shape index (κ1) is 28.8. The highest BCUT2D eigenvalue weighted by Gasteiger charge is 2.37. The summed E-state index contributed by atoms with van der Waals surface area (Å²) < 4.78 is 4.82. The Hall–Kier alpha value is -3.78. The van der Waals surface area contributed by atoms with E-state index in [9.17, 15) is 14.4 Å². The van der Waals surface area contributed by atoms with Gasteiger partial charge in [-0.05, 0) is 35.4 Å². The maximum absolute atomic E-state index is 13.4. The van der Waals surface area contributed by atoms with Gasteiger partial charge in [0.25, 0.3) is 0 Å². The molecule has 3 N–H and O–H groups in total. The number of ether oxygens (including phenoxy) is 1. The molecular weight excluding hydrogens is 480 g/mol. The molecule has 4 rings (SSSR count). The zero-order valence-electron chi connectivity index (χ0n) is 21.6. The average molecular weight is 519 g/mol. The molecule has 1 aromatic heterocycles. The van der Waals surface area contributed by atoms with Gasteiger partial charge in [0.05, 0.1) is 43.9 Å². The summed E-state index contributed by atoms with van der Waals surface area (Å²) in [6.45, 7) is 4.56. The lowest BCUT2D eigenvalue weighted by Crippen LogP contribution is -2.39. The molecule has 1 aliphatic heterocycles. The number of likely N-dealkylation sites (tertiary alicyclic amines) is 1. The fraction of sp³-hybridized carbons (Fsp3) is 0.400. The van der Waals surface area contributed by atoms with Crippen LogP contribution in [0.2, 0.25) is 0 Å². The van der Waals surface area contributed by atoms with Gasteiger partial charge in [0.15, 0.2) is 5.78 Å². The maximum atomic E-state index is 13.4. The van der Waals surface area contributed by atoms with Crippen LogP contribution in [0.25, 0.3) is 22.4 Å². The number of Topliss-reactive ketones (excluding diaryl/α,β-unsaturated/α-hetero) is 1. The Morgan fingerprint density at radius 3 is 2.24 bits per heavy atom. The number of benzene rings is 2. The van der Waals surface area contributed by atoms with Crippen molar-refractivity contribution in [2.24, 2.45) is 17.6 Å². The van der Waals surface area contributed by atoms with E-state index in [1.165, 1.54) is 7.11 Å². The van der Waals surface area contributed by atoms with E-state index >= 15 is 0 Å². The third kappa shape index (κ3) is 6.19. The quantitative estimate of drug-likeness (QED) is 0.303. The van der Waals surface area contributed by atoms with E-state index in [-0.39, 0.29) is 50.0 Å². The predicted octanol–water partition coefficient (Wildman–Crippen LogP) is 5.02. The summed E-state index contributed by atoms with van der Waals surface area (Å²) >= 11 is 0. The van der Waals surface area contributed by atoms with Crippen molar-refractivity contribution in [1.82, 2.24) is 14.9 Å². The molecule has 0 saturated carbocycles. The van der Waals surface area contributed by atoms with Crippen molar-refractivity contribution in [2.75, 3.05) is 20.2 Å². The van der Waals surface area contributed by atoms with Crippen molar-refractivity contribution in [2.45, 2.75) is 46.6 Å². The lowest BCUT2D eigenvalue weighted by Gasteiger charge is -2.29. The second-order valence-corrected chi connectivity index (χ2v) is 9.78. The lowest BCUT2D eigenvalue weighted by atomic mass is 9.91. The number of hydrogen-bond acceptors (Lipinski definition) is 6. The monoisotopic (exact) mass is 518 g/mol. The van der Waals surface area contributed by atoms with E-state index in [2.05, 4.69) is 9.97 Å². The van der Waals surface area contributed by atoms with Gasteiger partial charge in [-0.1, -0.05) is 69.8 Å². The van der Waals surface area contributed by atoms with E-state index < -0.39 is 5.92 Å². The predicted molar refractivity (Wildman–Crippen MR) is 148 cm³/mol. The van der Waals surface area contributed by atoms with Crippen LogP contribution in [0.15, 0.2) is 54.7 Å². The van der Waals surface area contributed by atoms with Gasteiger partial charge >= 0.3 is 5.97 Å². The van der Waals surface area contributed by atoms with Gasteiger partial charge in [0.2, 0.25) is 5.91 Å². The topological polar surface area (TPSA) is 118 Å². The molecule has 8 heteroatoms. The van der Waals surface area contributed by atoms with Crippen LogP contribution in [0.5, 0.6) is 0 Å². The Labute approximate surface area is 224 Å². The number of hydrogen-bond donors (Lipinski definition) is 2. The van der Waals surface area contributed by atoms with Gasteiger partial charge in [-0.25, -0.2) is 4.98 Å². The van der Waals surface area contributed by atoms with Crippen molar-refractivity contribution >= 4 is 17.7 Å². The molecule has 1 aliphatic rings. The van der Waals surface area contributed by atoms with Crippen molar-refractivity contribution in [3.05, 3.63) is 66.1 Å². The number of methoxy groups -OCH3 is 1. The maximum Gasteiger partial charge on any atom is 0.306 e. The van der Waals surface area contributed by atoms with Gasteiger partial charge in [0.1, 0.15) is 5.82 Å². The van der Waals surface area contributed by atoms with E-state index in [1.807, 2.05) is 55.1 Å². The molecule has 2 aromatic carbocycles. The molecule has 202 valence electrons. The number of imidazole rings is 1. The number of esters is 1. The third-order valence-electron chi connectivity index (χ3n) is 7.10. The van der Waals surface area contributed by atoms with Crippen molar-refractivity contribution in [3.63, 3.8) is 0 Å². The van der Waals surface area contributed by atoms with E-state index in [0.29, 0.717) is 12.1 Å². The van der Waals surface area contributed by atoms with Crippen molar-refractivity contribution in [1.29, 1.82) is 0 Å². The van der Waals surface area contributed by atoms with Crippen molar-refractivity contribution in [3.8, 4) is 22.4 Å². The fourth-order valence-corrected chi connectivity index (χ4v) is 4.86. The fourth-order valence-electron chi connectivity index (χ4n) is 4.86. The molecule has 1 fully saturated rings. The standard InChI is InChI=1S/C29H34N4O4.CH4/c1-18(2)23(15-27(35)37-3)29(36)33-14-4-5-25(33)28-31-17-24(32-28)21-10-6-19(7-11-21)20-8-12-22(13-9-20)26(34)16-30;/h6-13,17-18,23,25H,4-5,14-16,30H2,1-3H3,(H,31,32);1H4/t23-,25-;/m0./s1.